The lowest BCUT2D eigenvalue weighted by Gasteiger charge is -2.20. The zero-order valence-electron chi connectivity index (χ0n) is 17.0. The topological polar surface area (TPSA) is 52.1 Å². The molecule has 1 aliphatic rings. The minimum atomic E-state index is 0. The minimum absolute atomic E-state index is 0. The van der Waals surface area contributed by atoms with Gasteiger partial charge < -0.3 is 25.2 Å². The van der Waals surface area contributed by atoms with Crippen LogP contribution in [0.4, 0.5) is 0 Å². The lowest BCUT2D eigenvalue weighted by atomic mass is 10.1. The van der Waals surface area contributed by atoms with Gasteiger partial charge in [-0.3, -0.25) is 4.99 Å². The van der Waals surface area contributed by atoms with Crippen LogP contribution >= 0.6 is 24.0 Å². The zero-order chi connectivity index (χ0) is 18.6. The second kappa shape index (κ2) is 14.0. The van der Waals surface area contributed by atoms with Crippen molar-refractivity contribution < 1.29 is 4.74 Å². The van der Waals surface area contributed by atoms with Gasteiger partial charge in [-0.05, 0) is 57.6 Å². The van der Waals surface area contributed by atoms with Gasteiger partial charge in [-0.15, -0.1) is 24.0 Å². The van der Waals surface area contributed by atoms with Crippen LogP contribution in [0.2, 0.25) is 0 Å². The summed E-state index contributed by atoms with van der Waals surface area (Å²) in [6, 6.07) is 8.16. The van der Waals surface area contributed by atoms with E-state index in [9.17, 15) is 0 Å². The number of ether oxygens (including phenoxy) is 1. The molecule has 1 saturated heterocycles. The van der Waals surface area contributed by atoms with Crippen LogP contribution in [0.3, 0.4) is 0 Å². The fraction of sp³-hybridized carbons (Fsp3) is 0.650. The van der Waals surface area contributed by atoms with E-state index >= 15 is 0 Å². The molecule has 0 radical (unpaired) electrons. The Morgan fingerprint density at radius 3 is 2.67 bits per heavy atom. The van der Waals surface area contributed by atoms with Crippen LogP contribution in [-0.4, -0.2) is 82.8 Å². The molecule has 6 nitrogen and oxygen atoms in total. The number of benzene rings is 1. The molecule has 0 aliphatic carbocycles. The number of aliphatic imine (C=N–C) groups is 1. The lowest BCUT2D eigenvalue weighted by Crippen LogP contribution is -2.40. The van der Waals surface area contributed by atoms with Crippen LogP contribution in [-0.2, 0) is 6.42 Å². The third-order valence-electron chi connectivity index (χ3n) is 4.86. The standard InChI is InChI=1S/C20H35N5O.HI/c1-21-20(23-12-10-18-8-4-5-9-19(18)26-3)22-11-6-14-25-15-7-13-24(2)16-17-25;/h4-5,8-9H,6-7,10-17H2,1-3H3,(H2,21,22,23);1H. The molecule has 0 spiro atoms. The molecular weight excluding hydrogens is 453 g/mol. The summed E-state index contributed by atoms with van der Waals surface area (Å²) in [7, 11) is 5.75. The largest absolute Gasteiger partial charge is 0.496 e. The third-order valence-corrected chi connectivity index (χ3v) is 4.86. The van der Waals surface area contributed by atoms with Gasteiger partial charge in [-0.25, -0.2) is 0 Å². The number of halogens is 1. The van der Waals surface area contributed by atoms with Gasteiger partial charge >= 0.3 is 0 Å². The second-order valence-electron chi connectivity index (χ2n) is 6.84. The number of nitrogens with one attached hydrogen (secondary N) is 2. The van der Waals surface area contributed by atoms with Crippen molar-refractivity contribution in [2.24, 2.45) is 4.99 Å². The van der Waals surface area contributed by atoms with E-state index in [0.29, 0.717) is 0 Å². The predicted molar refractivity (Wildman–Crippen MR) is 125 cm³/mol. The number of para-hydroxylation sites is 1. The molecule has 0 aromatic heterocycles. The van der Waals surface area contributed by atoms with Gasteiger partial charge in [0.2, 0.25) is 0 Å². The molecule has 1 fully saturated rings. The van der Waals surface area contributed by atoms with Gasteiger partial charge in [0.05, 0.1) is 7.11 Å². The first-order chi connectivity index (χ1) is 12.7. The second-order valence-corrected chi connectivity index (χ2v) is 6.84. The maximum Gasteiger partial charge on any atom is 0.190 e. The van der Waals surface area contributed by atoms with Crippen molar-refractivity contribution in [2.75, 3.05) is 67.0 Å². The maximum absolute atomic E-state index is 5.40. The number of guanidine groups is 1. The van der Waals surface area contributed by atoms with E-state index < -0.39 is 0 Å². The van der Waals surface area contributed by atoms with E-state index in [4.69, 9.17) is 4.74 Å². The first-order valence-corrected chi connectivity index (χ1v) is 9.70. The van der Waals surface area contributed by atoms with Gasteiger partial charge in [-0.2, -0.15) is 0 Å². The van der Waals surface area contributed by atoms with Crippen molar-refractivity contribution in [2.45, 2.75) is 19.3 Å². The van der Waals surface area contributed by atoms with Crippen LogP contribution in [0.15, 0.2) is 29.3 Å². The monoisotopic (exact) mass is 489 g/mol. The highest BCUT2D eigenvalue weighted by Crippen LogP contribution is 2.17. The summed E-state index contributed by atoms with van der Waals surface area (Å²) in [6.45, 7) is 7.73. The lowest BCUT2D eigenvalue weighted by molar-refractivity contribution is 0.274. The molecule has 154 valence electrons. The highest BCUT2D eigenvalue weighted by molar-refractivity contribution is 14.0. The first-order valence-electron chi connectivity index (χ1n) is 9.70. The summed E-state index contributed by atoms with van der Waals surface area (Å²) in [5, 5.41) is 6.81. The fourth-order valence-corrected chi connectivity index (χ4v) is 3.28. The van der Waals surface area contributed by atoms with Crippen LogP contribution < -0.4 is 15.4 Å². The number of methoxy groups -OCH3 is 1. The molecule has 1 aromatic rings. The van der Waals surface area contributed by atoms with Gasteiger partial charge in [0, 0.05) is 33.2 Å². The van der Waals surface area contributed by atoms with E-state index in [1.165, 1.54) is 38.2 Å². The molecule has 1 aromatic carbocycles. The quantitative estimate of drug-likeness (QED) is 0.254. The maximum atomic E-state index is 5.40. The van der Waals surface area contributed by atoms with Crippen LogP contribution in [0.5, 0.6) is 5.75 Å². The van der Waals surface area contributed by atoms with Crippen molar-refractivity contribution in [3.63, 3.8) is 0 Å². The van der Waals surface area contributed by atoms with Crippen LogP contribution in [0.25, 0.3) is 0 Å². The van der Waals surface area contributed by atoms with Crippen molar-refractivity contribution >= 4 is 29.9 Å². The fourth-order valence-electron chi connectivity index (χ4n) is 3.28. The van der Waals surface area contributed by atoms with E-state index in [2.05, 4.69) is 38.5 Å². The van der Waals surface area contributed by atoms with Gasteiger partial charge in [0.15, 0.2) is 5.96 Å². The molecule has 0 atom stereocenters. The van der Waals surface area contributed by atoms with Gasteiger partial charge in [0.1, 0.15) is 5.75 Å². The summed E-state index contributed by atoms with van der Waals surface area (Å²) in [5.74, 6) is 1.82. The average Bonchev–Trinajstić information content (AvgIpc) is 2.88. The third kappa shape index (κ3) is 9.12. The summed E-state index contributed by atoms with van der Waals surface area (Å²) in [4.78, 5) is 9.31. The number of likely N-dealkylation sites (N-methyl/N-ethyl adjacent to an activating group) is 1. The van der Waals surface area contributed by atoms with E-state index in [1.54, 1.807) is 7.11 Å². The Balaban J connectivity index is 0.00000364. The summed E-state index contributed by atoms with van der Waals surface area (Å²) >= 11 is 0. The molecule has 2 N–H and O–H groups in total. The molecular formula is C20H36IN5O. The molecule has 0 bridgehead atoms. The van der Waals surface area contributed by atoms with Gasteiger partial charge in [0.25, 0.3) is 0 Å². The predicted octanol–water partition coefficient (Wildman–Crippen LogP) is 2.05. The van der Waals surface area contributed by atoms with Crippen LogP contribution in [0.1, 0.15) is 18.4 Å². The molecule has 2 rings (SSSR count). The number of nitrogens with zero attached hydrogens (tertiary/aromatic N) is 3. The molecule has 0 unspecified atom stereocenters. The molecule has 1 heterocycles. The van der Waals surface area contributed by atoms with E-state index in [-0.39, 0.29) is 24.0 Å². The first kappa shape index (κ1) is 24.0. The Morgan fingerprint density at radius 1 is 1.11 bits per heavy atom. The Labute approximate surface area is 181 Å². The SMILES string of the molecule is CN=C(NCCCN1CCCN(C)CC1)NCCc1ccccc1OC.I. The Bertz CT molecular complexity index is 555. The molecule has 7 heteroatoms. The highest BCUT2D eigenvalue weighted by atomic mass is 127. The molecule has 0 saturated carbocycles. The van der Waals surface area contributed by atoms with Crippen molar-refractivity contribution in [1.82, 2.24) is 20.4 Å². The number of hydrogen-bond acceptors (Lipinski definition) is 4. The summed E-state index contributed by atoms with van der Waals surface area (Å²) < 4.78 is 5.40. The van der Waals surface area contributed by atoms with Crippen molar-refractivity contribution in [1.29, 1.82) is 0 Å². The van der Waals surface area contributed by atoms with Crippen molar-refractivity contribution in [3.05, 3.63) is 29.8 Å². The Hall–Kier alpha value is -1.06. The Morgan fingerprint density at radius 2 is 1.89 bits per heavy atom. The van der Waals surface area contributed by atoms with Crippen LogP contribution in [0, 0.1) is 0 Å². The summed E-state index contributed by atoms with van der Waals surface area (Å²) in [5.41, 5.74) is 1.21. The number of rotatable bonds is 8. The Kier molecular flexibility index (Phi) is 12.4. The molecule has 27 heavy (non-hydrogen) atoms. The van der Waals surface area contributed by atoms with E-state index in [1.807, 2.05) is 25.2 Å². The zero-order valence-corrected chi connectivity index (χ0v) is 19.4. The highest BCUT2D eigenvalue weighted by Gasteiger charge is 2.11. The van der Waals surface area contributed by atoms with Gasteiger partial charge in [-0.1, -0.05) is 18.2 Å². The number of hydrogen-bond donors (Lipinski definition) is 2. The molecule has 0 amide bonds. The average molecular weight is 489 g/mol. The minimum Gasteiger partial charge on any atom is -0.496 e. The smallest absolute Gasteiger partial charge is 0.190 e. The summed E-state index contributed by atoms with van der Waals surface area (Å²) in [6.07, 6.45) is 3.32. The normalized spacial score (nSPS) is 16.3. The van der Waals surface area contributed by atoms with E-state index in [0.717, 1.165) is 44.2 Å². The molecule has 1 aliphatic heterocycles. The van der Waals surface area contributed by atoms with Crippen molar-refractivity contribution in [3.8, 4) is 5.75 Å².